The SMILES string of the molecule is Cc1ccc(-c2nnc(-c3ccc(B(O)O)cc3)nn2)cc1.Nc1ccc(-c2cnc(-c3ccc(N)cc3)nn2)cc1. The van der Waals surface area contributed by atoms with Crippen molar-refractivity contribution in [2.24, 2.45) is 0 Å². The normalized spacial score (nSPS) is 10.5. The third kappa shape index (κ3) is 6.94. The molecule has 0 saturated carbocycles. The highest BCUT2D eigenvalue weighted by Gasteiger charge is 2.12. The Balaban J connectivity index is 0.000000169. The minimum absolute atomic E-state index is 0.384. The molecular weight excluding hydrogens is 529 g/mol. The third-order valence-corrected chi connectivity index (χ3v) is 6.19. The standard InChI is InChI=1S/C15H13BN4O2.C15H13N5/c1-10-2-4-11(5-3-10)14-17-19-15(20-18-14)12-6-8-13(9-7-12)16(21)22;16-12-5-1-10(2-6-12)14-9-18-15(20-19-14)11-3-7-13(17)8-4-11/h2-9,21-22H,1H3;1-9H,16-17H2. The zero-order valence-electron chi connectivity index (χ0n) is 22.6. The molecule has 0 spiro atoms. The van der Waals surface area contributed by atoms with E-state index >= 15 is 0 Å². The van der Waals surface area contributed by atoms with Gasteiger partial charge in [0.1, 0.15) is 5.69 Å². The molecule has 2 aromatic heterocycles. The van der Waals surface area contributed by atoms with Crippen LogP contribution in [0.3, 0.4) is 0 Å². The van der Waals surface area contributed by atoms with Gasteiger partial charge in [0, 0.05) is 33.6 Å². The number of anilines is 2. The van der Waals surface area contributed by atoms with Crippen molar-refractivity contribution in [2.75, 3.05) is 11.5 Å². The number of nitrogens with two attached hydrogens (primary N) is 2. The van der Waals surface area contributed by atoms with Crippen molar-refractivity contribution >= 4 is 24.0 Å². The maximum absolute atomic E-state index is 9.07. The predicted molar refractivity (Wildman–Crippen MR) is 163 cm³/mol. The first kappa shape index (κ1) is 28.0. The van der Waals surface area contributed by atoms with Gasteiger partial charge in [-0.15, -0.1) is 30.6 Å². The Morgan fingerprint density at radius 3 is 1.36 bits per heavy atom. The molecule has 2 heterocycles. The number of hydrogen-bond acceptors (Lipinski definition) is 11. The lowest BCUT2D eigenvalue weighted by Gasteiger charge is -2.03. The quantitative estimate of drug-likeness (QED) is 0.181. The highest BCUT2D eigenvalue weighted by molar-refractivity contribution is 6.58. The van der Waals surface area contributed by atoms with E-state index in [1.54, 1.807) is 30.5 Å². The number of aromatic nitrogens is 7. The Kier molecular flexibility index (Phi) is 8.47. The lowest BCUT2D eigenvalue weighted by atomic mass is 9.80. The molecule has 206 valence electrons. The van der Waals surface area contributed by atoms with Gasteiger partial charge in [-0.3, -0.25) is 0 Å². The predicted octanol–water partition coefficient (Wildman–Crippen LogP) is 2.96. The van der Waals surface area contributed by atoms with E-state index in [9.17, 15) is 0 Å². The molecule has 6 aromatic rings. The van der Waals surface area contributed by atoms with E-state index in [2.05, 4.69) is 35.6 Å². The average Bonchev–Trinajstić information content (AvgIpc) is 3.03. The van der Waals surface area contributed by atoms with Crippen LogP contribution in [0, 0.1) is 6.92 Å². The lowest BCUT2D eigenvalue weighted by molar-refractivity contribution is 0.426. The maximum atomic E-state index is 9.07. The van der Waals surface area contributed by atoms with Gasteiger partial charge in [-0.1, -0.05) is 66.2 Å². The largest absolute Gasteiger partial charge is 0.488 e. The fourth-order valence-electron chi connectivity index (χ4n) is 3.79. The van der Waals surface area contributed by atoms with E-state index < -0.39 is 7.12 Å². The van der Waals surface area contributed by atoms with Gasteiger partial charge in [0.25, 0.3) is 0 Å². The van der Waals surface area contributed by atoms with Crippen molar-refractivity contribution < 1.29 is 10.0 Å². The van der Waals surface area contributed by atoms with E-state index in [-0.39, 0.29) is 0 Å². The zero-order valence-corrected chi connectivity index (χ0v) is 22.6. The van der Waals surface area contributed by atoms with E-state index in [4.69, 9.17) is 21.5 Å². The van der Waals surface area contributed by atoms with E-state index in [0.717, 1.165) is 22.3 Å². The van der Waals surface area contributed by atoms with Gasteiger partial charge in [0.15, 0.2) is 5.82 Å². The minimum atomic E-state index is -1.49. The molecule has 0 aliphatic rings. The highest BCUT2D eigenvalue weighted by atomic mass is 16.4. The van der Waals surface area contributed by atoms with Crippen LogP contribution in [0.1, 0.15) is 5.56 Å². The van der Waals surface area contributed by atoms with E-state index in [1.165, 1.54) is 0 Å². The summed E-state index contributed by atoms with van der Waals surface area (Å²) in [6, 6.07) is 29.2. The summed E-state index contributed by atoms with van der Waals surface area (Å²) in [4.78, 5) is 4.33. The first-order valence-corrected chi connectivity index (χ1v) is 12.9. The smallest absolute Gasteiger partial charge is 0.423 e. The summed E-state index contributed by atoms with van der Waals surface area (Å²) in [5.41, 5.74) is 18.4. The Labute approximate surface area is 242 Å². The lowest BCUT2D eigenvalue weighted by Crippen LogP contribution is -2.29. The van der Waals surface area contributed by atoms with E-state index in [0.29, 0.717) is 45.6 Å². The van der Waals surface area contributed by atoms with Gasteiger partial charge in [-0.25, -0.2) is 4.98 Å². The van der Waals surface area contributed by atoms with Gasteiger partial charge in [-0.2, -0.15) is 0 Å². The molecule has 0 radical (unpaired) electrons. The molecule has 0 atom stereocenters. The fourth-order valence-corrected chi connectivity index (χ4v) is 3.79. The highest BCUT2D eigenvalue weighted by Crippen LogP contribution is 2.20. The van der Waals surface area contributed by atoms with Crippen LogP contribution >= 0.6 is 0 Å². The molecule has 12 heteroatoms. The van der Waals surface area contributed by atoms with Gasteiger partial charge in [0.05, 0.1) is 6.20 Å². The van der Waals surface area contributed by atoms with Gasteiger partial charge >= 0.3 is 7.12 Å². The summed E-state index contributed by atoms with van der Waals surface area (Å²) in [5, 5.41) is 42.8. The summed E-state index contributed by atoms with van der Waals surface area (Å²) in [7, 11) is -1.49. The minimum Gasteiger partial charge on any atom is -0.423 e. The fraction of sp³-hybridized carbons (Fsp3) is 0.0333. The first-order chi connectivity index (χ1) is 20.4. The first-order valence-electron chi connectivity index (χ1n) is 12.9. The number of aryl methyl sites for hydroxylation is 1. The average molecular weight is 555 g/mol. The van der Waals surface area contributed by atoms with Crippen LogP contribution in [0.25, 0.3) is 45.4 Å². The molecule has 0 unspecified atom stereocenters. The van der Waals surface area contributed by atoms with Crippen LogP contribution in [0.5, 0.6) is 0 Å². The molecule has 0 aliphatic heterocycles. The topological polar surface area (TPSA) is 183 Å². The summed E-state index contributed by atoms with van der Waals surface area (Å²) < 4.78 is 0. The molecule has 6 rings (SSSR count). The van der Waals surface area contributed by atoms with Crippen LogP contribution in [0.15, 0.2) is 103 Å². The van der Waals surface area contributed by atoms with Crippen molar-refractivity contribution in [1.82, 2.24) is 35.6 Å². The Morgan fingerprint density at radius 2 is 0.905 bits per heavy atom. The molecule has 6 N–H and O–H groups in total. The molecular formula is C30H26BN9O2. The molecule has 0 aliphatic carbocycles. The summed E-state index contributed by atoms with van der Waals surface area (Å²) in [5.74, 6) is 1.42. The zero-order chi connectivity index (χ0) is 29.5. The van der Waals surface area contributed by atoms with Crippen LogP contribution in [-0.2, 0) is 0 Å². The number of rotatable bonds is 5. The van der Waals surface area contributed by atoms with Gasteiger partial charge in [-0.05, 0) is 48.8 Å². The third-order valence-electron chi connectivity index (χ3n) is 6.19. The Morgan fingerprint density at radius 1 is 0.500 bits per heavy atom. The number of benzene rings is 4. The van der Waals surface area contributed by atoms with Crippen molar-refractivity contribution in [3.05, 3.63) is 109 Å². The summed E-state index contributed by atoms with van der Waals surface area (Å²) >= 11 is 0. The maximum Gasteiger partial charge on any atom is 0.488 e. The van der Waals surface area contributed by atoms with Gasteiger partial charge < -0.3 is 21.5 Å². The van der Waals surface area contributed by atoms with Crippen molar-refractivity contribution in [3.8, 4) is 45.4 Å². The second kappa shape index (κ2) is 12.7. The molecule has 11 nitrogen and oxygen atoms in total. The van der Waals surface area contributed by atoms with Crippen molar-refractivity contribution in [2.45, 2.75) is 6.92 Å². The molecule has 0 fully saturated rings. The van der Waals surface area contributed by atoms with Crippen LogP contribution in [0.2, 0.25) is 0 Å². The van der Waals surface area contributed by atoms with Crippen LogP contribution < -0.4 is 16.9 Å². The number of nitrogen functional groups attached to an aromatic ring is 2. The van der Waals surface area contributed by atoms with Crippen LogP contribution in [-0.4, -0.2) is 52.7 Å². The summed E-state index contributed by atoms with van der Waals surface area (Å²) in [6.45, 7) is 2.01. The number of hydrogen-bond donors (Lipinski definition) is 4. The second-order valence-corrected chi connectivity index (χ2v) is 9.32. The molecule has 0 saturated heterocycles. The van der Waals surface area contributed by atoms with E-state index in [1.807, 2.05) is 79.7 Å². The Bertz CT molecular complexity index is 1670. The molecule has 42 heavy (non-hydrogen) atoms. The van der Waals surface area contributed by atoms with Crippen molar-refractivity contribution in [3.63, 3.8) is 0 Å². The monoisotopic (exact) mass is 555 g/mol. The Hall–Kier alpha value is -5.59. The van der Waals surface area contributed by atoms with Gasteiger partial charge in [0.2, 0.25) is 11.6 Å². The molecule has 0 bridgehead atoms. The molecule has 4 aromatic carbocycles. The van der Waals surface area contributed by atoms with Crippen molar-refractivity contribution in [1.29, 1.82) is 0 Å². The van der Waals surface area contributed by atoms with Crippen LogP contribution in [0.4, 0.5) is 11.4 Å². The second-order valence-electron chi connectivity index (χ2n) is 9.32. The summed E-state index contributed by atoms with van der Waals surface area (Å²) in [6.07, 6.45) is 1.70. The number of nitrogens with zero attached hydrogens (tertiary/aromatic N) is 7. The molecule has 0 amide bonds.